The highest BCUT2D eigenvalue weighted by atomic mass is 35.5. The van der Waals surface area contributed by atoms with Crippen molar-refractivity contribution in [3.8, 4) is 11.4 Å². The van der Waals surface area contributed by atoms with Gasteiger partial charge in [-0.05, 0) is 219 Å². The van der Waals surface area contributed by atoms with E-state index in [9.17, 15) is 48.3 Å². The molecular formula is C68H75Cl2F3N10O7S2. The third-order valence-electron chi connectivity index (χ3n) is 22.6. The Morgan fingerprint density at radius 2 is 1.12 bits per heavy atom. The van der Waals surface area contributed by atoms with Gasteiger partial charge in [-0.2, -0.15) is 10.2 Å². The fourth-order valence-electron chi connectivity index (χ4n) is 18.5. The molecule has 0 bridgehead atoms. The second-order valence-corrected chi connectivity index (χ2v) is 29.5. The lowest BCUT2D eigenvalue weighted by Gasteiger charge is -2.60. The number of fused-ring (bicyclic) bond motifs is 14. The summed E-state index contributed by atoms with van der Waals surface area (Å²) in [6, 6.07) is 20.1. The summed E-state index contributed by atoms with van der Waals surface area (Å²) >= 11 is 12.1. The summed E-state index contributed by atoms with van der Waals surface area (Å²) in [6.07, 6.45) is 18.0. The summed E-state index contributed by atoms with van der Waals surface area (Å²) in [4.78, 5) is 44.4. The quantitative estimate of drug-likeness (QED) is 0.0791. The van der Waals surface area contributed by atoms with Gasteiger partial charge < -0.3 is 31.3 Å². The Morgan fingerprint density at radius 3 is 1.57 bits per heavy atom. The van der Waals surface area contributed by atoms with Gasteiger partial charge in [-0.15, -0.1) is 23.2 Å². The monoisotopic (exact) mass is 1340 g/mol. The average molecular weight is 1340 g/mol. The van der Waals surface area contributed by atoms with Crippen molar-refractivity contribution in [3.05, 3.63) is 143 Å². The predicted molar refractivity (Wildman–Crippen MR) is 351 cm³/mol. The molecule has 6 aromatic heterocycles. The average Bonchev–Trinajstić information content (AvgIpc) is 1.65. The number of aliphatic carboxylic acids is 1. The Bertz CT molecular complexity index is 4120. The number of nitrogens with one attached hydrogen (secondary N) is 1. The number of benzene rings is 2. The number of thiazole rings is 2. The minimum absolute atomic E-state index is 0.00374. The van der Waals surface area contributed by atoms with Crippen LogP contribution in [0.2, 0.25) is 0 Å². The van der Waals surface area contributed by atoms with Crippen molar-refractivity contribution in [1.29, 1.82) is 0 Å². The van der Waals surface area contributed by atoms with Crippen molar-refractivity contribution < 1.29 is 49.7 Å². The number of anilines is 2. The summed E-state index contributed by atoms with van der Waals surface area (Å²) in [5.41, 5.74) is 10.0. The predicted octanol–water partition coefficient (Wildman–Crippen LogP) is 12.8. The first-order valence-corrected chi connectivity index (χ1v) is 33.5. The lowest BCUT2D eigenvalue weighted by molar-refractivity contribution is -0.193. The van der Waals surface area contributed by atoms with Crippen LogP contribution in [0.5, 0.6) is 0 Å². The smallest absolute Gasteiger partial charge is 0.336 e. The van der Waals surface area contributed by atoms with Crippen molar-refractivity contribution in [2.75, 3.05) is 23.5 Å². The summed E-state index contributed by atoms with van der Waals surface area (Å²) in [5.74, 6) is -1.64. The van der Waals surface area contributed by atoms with E-state index in [1.54, 1.807) is 42.7 Å². The van der Waals surface area contributed by atoms with Crippen LogP contribution in [0.3, 0.4) is 0 Å². The maximum atomic E-state index is 13.8. The number of halogens is 5. The molecule has 486 valence electrons. The van der Waals surface area contributed by atoms with Crippen molar-refractivity contribution in [2.45, 2.75) is 128 Å². The van der Waals surface area contributed by atoms with E-state index < -0.39 is 51.4 Å². The number of rotatable bonds is 5. The summed E-state index contributed by atoms with van der Waals surface area (Å²) in [7, 11) is 0.500. The van der Waals surface area contributed by atoms with Gasteiger partial charge in [-0.3, -0.25) is 14.5 Å². The Balaban J connectivity index is 0.000000147. The molecule has 16 rings (SSSR count). The highest BCUT2D eigenvalue weighted by Crippen LogP contribution is 2.69. The van der Waals surface area contributed by atoms with Crippen molar-refractivity contribution in [3.63, 3.8) is 0 Å². The van der Waals surface area contributed by atoms with Gasteiger partial charge in [-0.25, -0.2) is 42.9 Å². The van der Waals surface area contributed by atoms with Crippen LogP contribution in [0.15, 0.2) is 109 Å². The molecule has 8 aromatic rings. The first-order valence-electron chi connectivity index (χ1n) is 31.6. The molecule has 0 radical (unpaired) electrons. The zero-order valence-electron chi connectivity index (χ0n) is 52.5. The second kappa shape index (κ2) is 24.9. The lowest BCUT2D eigenvalue weighted by atomic mass is 9.45. The highest BCUT2D eigenvalue weighted by Gasteiger charge is 2.70. The number of aliphatic hydroxyl groups is 4. The SMILES string of the molecule is CC12Cc3cnn(-c4ccc(F)cc4)c3C=C1CCC1C2[C@@H](O)CC2(C)C1CC[C@]2(O)C(=O)Nc1nc2cccnc2s1.CC12Cc3cnn(-c4ccc(F)cc4)c3C=C1CCC1C2[C@@H](O)CC2(C)C1CC[C@]2(O)C(=O)O.CF.Nc1nc2cccnc2s1.[2H]C(Cl)Cl. The number of nitrogens with two attached hydrogens (primary N) is 1. The number of aromatic nitrogens is 8. The lowest BCUT2D eigenvalue weighted by Crippen LogP contribution is -2.62. The molecule has 6 heterocycles. The number of carbonyl (C=O) groups is 2. The first kappa shape index (κ1) is 64.1. The van der Waals surface area contributed by atoms with E-state index in [0.29, 0.717) is 48.6 Å². The minimum atomic E-state index is -1.78. The maximum absolute atomic E-state index is 13.8. The minimum Gasteiger partial charge on any atom is -0.479 e. The van der Waals surface area contributed by atoms with E-state index >= 15 is 0 Å². The van der Waals surface area contributed by atoms with Crippen LogP contribution in [0.4, 0.5) is 23.4 Å². The third kappa shape index (κ3) is 10.8. The van der Waals surface area contributed by atoms with Crippen molar-refractivity contribution in [1.82, 2.24) is 39.5 Å². The van der Waals surface area contributed by atoms with Crippen LogP contribution in [-0.2, 0) is 22.4 Å². The largest absolute Gasteiger partial charge is 0.479 e. The normalized spacial score (nSPS) is 32.8. The molecule has 8 aliphatic carbocycles. The van der Waals surface area contributed by atoms with Gasteiger partial charge in [0.25, 0.3) is 5.91 Å². The number of nitrogens with zero attached hydrogens (tertiary/aromatic N) is 8. The van der Waals surface area contributed by atoms with E-state index in [4.69, 9.17) is 30.3 Å². The third-order valence-corrected chi connectivity index (χ3v) is 24.3. The number of alkyl halides is 3. The van der Waals surface area contributed by atoms with E-state index in [2.05, 4.69) is 61.4 Å². The molecule has 17 nitrogen and oxygen atoms in total. The van der Waals surface area contributed by atoms with Crippen molar-refractivity contribution in [2.24, 2.45) is 57.2 Å². The topological polar surface area (TPSA) is 261 Å². The number of carboxylic acids is 1. The van der Waals surface area contributed by atoms with Crippen molar-refractivity contribution >= 4 is 101 Å². The van der Waals surface area contributed by atoms with Gasteiger partial charge in [0.05, 0.1) is 61.2 Å². The number of amides is 1. The molecule has 8 N–H and O–H groups in total. The molecule has 2 aromatic carbocycles. The van der Waals surface area contributed by atoms with Crippen LogP contribution in [0, 0.1) is 68.8 Å². The van der Waals surface area contributed by atoms with Crippen LogP contribution in [0.1, 0.15) is 116 Å². The summed E-state index contributed by atoms with van der Waals surface area (Å²) < 4.78 is 46.3. The van der Waals surface area contributed by atoms with E-state index in [0.717, 1.165) is 94.0 Å². The van der Waals surface area contributed by atoms with Gasteiger partial charge >= 0.3 is 5.97 Å². The van der Waals surface area contributed by atoms with Gasteiger partial charge in [0, 0.05) is 23.2 Å². The number of pyridine rings is 2. The molecule has 92 heavy (non-hydrogen) atoms. The second-order valence-electron chi connectivity index (χ2n) is 26.8. The Hall–Kier alpha value is -6.63. The first-order chi connectivity index (χ1) is 44.3. The fraction of sp³-hybridized carbons (Fsp3) is 0.471. The van der Waals surface area contributed by atoms with Gasteiger partial charge in [-0.1, -0.05) is 61.5 Å². The molecule has 24 heteroatoms. The zero-order chi connectivity index (χ0) is 66.3. The van der Waals surface area contributed by atoms with Gasteiger partial charge in [0.1, 0.15) is 37.9 Å². The molecule has 6 saturated carbocycles. The zero-order valence-corrected chi connectivity index (χ0v) is 54.6. The number of aliphatic hydroxyl groups excluding tert-OH is 2. The molecule has 1 amide bonds. The Morgan fingerprint density at radius 1 is 0.685 bits per heavy atom. The van der Waals surface area contributed by atoms with E-state index in [1.807, 2.05) is 53.8 Å². The molecule has 8 aliphatic rings. The van der Waals surface area contributed by atoms with Gasteiger partial charge in [0.15, 0.2) is 15.9 Å². The van der Waals surface area contributed by atoms with Gasteiger partial charge in [0.2, 0.25) is 0 Å². The summed E-state index contributed by atoms with van der Waals surface area (Å²) in [6.45, 7) is 8.38. The molecule has 14 atom stereocenters. The number of hydrogen-bond acceptors (Lipinski definition) is 15. The van der Waals surface area contributed by atoms with E-state index in [1.165, 1.54) is 58.1 Å². The number of nitrogen functional groups attached to an aromatic ring is 1. The molecule has 0 spiro atoms. The highest BCUT2D eigenvalue weighted by molar-refractivity contribution is 7.22. The number of allylic oxidation sites excluding steroid dienone is 2. The number of carbonyl (C=O) groups excluding carboxylic acids is 1. The van der Waals surface area contributed by atoms with Crippen LogP contribution in [-0.4, -0.2) is 113 Å². The Kier molecular flexibility index (Phi) is 17.4. The fourth-order valence-corrected chi connectivity index (χ4v) is 20.0. The maximum Gasteiger partial charge on any atom is 0.336 e. The van der Waals surface area contributed by atoms with Crippen LogP contribution >= 0.6 is 45.9 Å². The van der Waals surface area contributed by atoms with E-state index in [-0.39, 0.29) is 64.4 Å². The number of carboxylic acid groups (broad SMARTS) is 1. The molecule has 10 unspecified atom stereocenters. The Labute approximate surface area is 550 Å². The summed E-state index contributed by atoms with van der Waals surface area (Å²) in [5, 5.41) is 68.7. The standard InChI is InChI=1S/C33H34FN5O3S.C27H31FN2O4.C6H5N3S.CH2Cl2.CH3F/c1-31-15-18-17-36-39(21-8-6-20(34)7-9-21)25(18)14-19(31)5-10-22-23-11-12-33(42,32(23,2)16-26(40)27(22)31)29(41)38-30-37-24-4-3-13-35-28(24)43-30;1-25-12-15-14-29-30(18-6-4-17(28)5-7-18)21(15)11-16(25)3-8-19-20-9-10-27(34,24(32)33)26(20,2)13-22(31)23(19)25;7-6-9-4-2-1-3-8-5(4)10-6;2-1-3;1-2/h3-4,6-9,13-14,17,22-23,26-27,40,42H,5,10-12,15-16H2,1-2H3,(H,37,38,41);4-7,11,14,19-20,22-23,31,34H,3,8-10,12-13H2,1-2H3,(H,32,33);1-3H,(H2,7,9);1H2;1H3/t22?,23?,26-,27?,31?,32?,33-;19?,20?,22-,23?,25?,26?,27-;;;/m00.../s1/i;;;1D;. The van der Waals surface area contributed by atoms with Crippen LogP contribution in [0.25, 0.3) is 44.2 Å². The molecule has 6 fully saturated rings. The number of hydrogen-bond donors (Lipinski definition) is 7. The van der Waals surface area contributed by atoms with Crippen LogP contribution < -0.4 is 11.1 Å². The molecule has 0 aliphatic heterocycles. The molecule has 0 saturated heterocycles. The molecular weight excluding hydrogens is 1260 g/mol.